The van der Waals surface area contributed by atoms with Crippen molar-refractivity contribution in [2.24, 2.45) is 5.92 Å². The van der Waals surface area contributed by atoms with Crippen LogP contribution in [-0.4, -0.2) is 59.4 Å². The van der Waals surface area contributed by atoms with Crippen LogP contribution < -0.4 is 10.6 Å². The summed E-state index contributed by atoms with van der Waals surface area (Å²) < 4.78 is 35.1. The number of carboxylic acid groups (broad SMARTS) is 1. The zero-order chi connectivity index (χ0) is 24.5. The molecule has 2 aliphatic carbocycles. The molecule has 2 amide bonds. The van der Waals surface area contributed by atoms with Crippen LogP contribution in [-0.2, 0) is 14.3 Å². The second-order valence-corrected chi connectivity index (χ2v) is 8.45. The molecule has 180 valence electrons. The summed E-state index contributed by atoms with van der Waals surface area (Å²) in [5, 5.41) is 21.6. The lowest BCUT2D eigenvalue weighted by Crippen LogP contribution is -2.59. The van der Waals surface area contributed by atoms with Gasteiger partial charge in [0.2, 0.25) is 0 Å². The van der Waals surface area contributed by atoms with Gasteiger partial charge in [0.15, 0.2) is 6.04 Å². The van der Waals surface area contributed by atoms with Crippen LogP contribution in [0.4, 0.5) is 13.6 Å². The highest BCUT2D eigenvalue weighted by Crippen LogP contribution is 2.44. The van der Waals surface area contributed by atoms with Crippen LogP contribution in [0.2, 0.25) is 0 Å². The van der Waals surface area contributed by atoms with Crippen LogP contribution in [0.25, 0.3) is 11.1 Å². The van der Waals surface area contributed by atoms with Crippen LogP contribution >= 0.6 is 0 Å². The van der Waals surface area contributed by atoms with Crippen LogP contribution in [0, 0.1) is 5.92 Å². The fraction of sp³-hybridized carbons (Fsp3) is 0.375. The van der Waals surface area contributed by atoms with Crippen molar-refractivity contribution in [3.05, 3.63) is 59.7 Å². The minimum atomic E-state index is -4.10. The summed E-state index contributed by atoms with van der Waals surface area (Å²) in [7, 11) is 0. The van der Waals surface area contributed by atoms with E-state index in [4.69, 9.17) is 14.9 Å². The highest BCUT2D eigenvalue weighted by Gasteiger charge is 2.55. The number of fused-ring (bicyclic) bond motifs is 3. The third-order valence-electron chi connectivity index (χ3n) is 6.19. The standard InChI is InChI=1S/C24H24F2N2O6/c25-24(26,22(32)27-19(11-29)21(30)31)20(13-9-10-13)28-23(33)34-12-18-16-7-3-1-5-14(16)15-6-2-4-8-17(15)18/h1-8,13,18-20,29H,9-12H2,(H,27,32)(H,28,33)(H,30,31). The quantitative estimate of drug-likeness (QED) is 0.443. The molecule has 8 nitrogen and oxygen atoms in total. The Kier molecular flexibility index (Phi) is 6.52. The third kappa shape index (κ3) is 4.58. The Morgan fingerprint density at radius 1 is 1.00 bits per heavy atom. The number of ether oxygens (including phenoxy) is 1. The molecular formula is C24H24F2N2O6. The van der Waals surface area contributed by atoms with Gasteiger partial charge >= 0.3 is 18.0 Å². The van der Waals surface area contributed by atoms with Gasteiger partial charge in [0.1, 0.15) is 12.6 Å². The lowest BCUT2D eigenvalue weighted by Gasteiger charge is -2.27. The number of aliphatic carboxylic acids is 1. The molecule has 2 aromatic carbocycles. The molecule has 2 unspecified atom stereocenters. The summed E-state index contributed by atoms with van der Waals surface area (Å²) in [4.78, 5) is 35.6. The highest BCUT2D eigenvalue weighted by atomic mass is 19.3. The predicted molar refractivity (Wildman–Crippen MR) is 116 cm³/mol. The van der Waals surface area contributed by atoms with Gasteiger partial charge in [-0.25, -0.2) is 9.59 Å². The van der Waals surface area contributed by atoms with Crippen molar-refractivity contribution < 1.29 is 38.1 Å². The van der Waals surface area contributed by atoms with Crippen molar-refractivity contribution in [1.29, 1.82) is 0 Å². The second-order valence-electron chi connectivity index (χ2n) is 8.45. The van der Waals surface area contributed by atoms with Gasteiger partial charge in [-0.2, -0.15) is 8.78 Å². The minimum Gasteiger partial charge on any atom is -0.480 e. The largest absolute Gasteiger partial charge is 0.480 e. The number of aliphatic hydroxyl groups excluding tert-OH is 1. The van der Waals surface area contributed by atoms with E-state index in [-0.39, 0.29) is 12.5 Å². The summed E-state index contributed by atoms with van der Waals surface area (Å²) in [5.74, 6) is -8.56. The summed E-state index contributed by atoms with van der Waals surface area (Å²) in [6.45, 7) is -1.13. The Balaban J connectivity index is 1.43. The van der Waals surface area contributed by atoms with Crippen LogP contribution in [0.15, 0.2) is 48.5 Å². The Labute approximate surface area is 193 Å². The number of hydrogen-bond acceptors (Lipinski definition) is 5. The average Bonchev–Trinajstić information content (AvgIpc) is 3.61. The highest BCUT2D eigenvalue weighted by molar-refractivity contribution is 5.89. The molecule has 1 fully saturated rings. The molecule has 0 radical (unpaired) electrons. The number of benzene rings is 2. The number of carbonyl (C=O) groups excluding carboxylic acids is 2. The Hall–Kier alpha value is -3.53. The molecule has 0 heterocycles. The van der Waals surface area contributed by atoms with E-state index < -0.39 is 48.5 Å². The first-order valence-electron chi connectivity index (χ1n) is 10.9. The molecule has 0 aromatic heterocycles. The molecule has 10 heteroatoms. The molecular weight excluding hydrogens is 450 g/mol. The normalized spacial score (nSPS) is 16.7. The average molecular weight is 474 g/mol. The maximum atomic E-state index is 14.9. The Morgan fingerprint density at radius 2 is 1.56 bits per heavy atom. The number of alkyl halides is 2. The number of nitrogens with one attached hydrogen (secondary N) is 2. The van der Waals surface area contributed by atoms with Crippen LogP contribution in [0.5, 0.6) is 0 Å². The topological polar surface area (TPSA) is 125 Å². The molecule has 0 spiro atoms. The first-order valence-corrected chi connectivity index (χ1v) is 10.9. The summed E-state index contributed by atoms with van der Waals surface area (Å²) >= 11 is 0. The van der Waals surface area contributed by atoms with Gasteiger partial charge < -0.3 is 25.6 Å². The SMILES string of the molecule is O=C(NC(C1CC1)C(F)(F)C(=O)NC(CO)C(=O)O)OCC1c2ccccc2-c2ccccc21. The third-order valence-corrected chi connectivity index (χ3v) is 6.19. The van der Waals surface area contributed by atoms with Crippen molar-refractivity contribution in [2.75, 3.05) is 13.2 Å². The molecule has 0 aliphatic heterocycles. The number of hydrogen-bond donors (Lipinski definition) is 4. The van der Waals surface area contributed by atoms with E-state index in [1.807, 2.05) is 48.5 Å². The number of carbonyl (C=O) groups is 3. The van der Waals surface area contributed by atoms with Crippen molar-refractivity contribution in [3.8, 4) is 11.1 Å². The summed E-state index contributed by atoms with van der Waals surface area (Å²) in [5.41, 5.74) is 3.96. The van der Waals surface area contributed by atoms with Crippen molar-refractivity contribution in [2.45, 2.75) is 36.8 Å². The van der Waals surface area contributed by atoms with Gasteiger partial charge in [-0.1, -0.05) is 48.5 Å². The Morgan fingerprint density at radius 3 is 2.06 bits per heavy atom. The molecule has 4 rings (SSSR count). The van der Waals surface area contributed by atoms with Gasteiger partial charge in [0.05, 0.1) is 6.61 Å². The lowest BCUT2D eigenvalue weighted by molar-refractivity contribution is -0.155. The van der Waals surface area contributed by atoms with E-state index in [1.165, 1.54) is 0 Å². The zero-order valence-electron chi connectivity index (χ0n) is 18.0. The molecule has 0 bridgehead atoms. The molecule has 2 aliphatic rings. The monoisotopic (exact) mass is 474 g/mol. The number of amides is 2. The first kappa shape index (κ1) is 23.6. The van der Waals surface area contributed by atoms with Gasteiger partial charge in [0.25, 0.3) is 5.91 Å². The van der Waals surface area contributed by atoms with E-state index in [0.29, 0.717) is 12.8 Å². The van der Waals surface area contributed by atoms with E-state index in [9.17, 15) is 23.2 Å². The predicted octanol–water partition coefficient (Wildman–Crippen LogP) is 2.50. The van der Waals surface area contributed by atoms with E-state index in [0.717, 1.165) is 22.3 Å². The molecule has 1 saturated carbocycles. The van der Waals surface area contributed by atoms with Crippen LogP contribution in [0.1, 0.15) is 29.9 Å². The van der Waals surface area contributed by atoms with E-state index in [1.54, 1.807) is 5.32 Å². The number of aliphatic hydroxyl groups is 1. The number of carboxylic acids is 1. The maximum absolute atomic E-state index is 14.9. The summed E-state index contributed by atoms with van der Waals surface area (Å²) in [6, 6.07) is 11.6. The molecule has 0 saturated heterocycles. The fourth-order valence-corrected chi connectivity index (χ4v) is 4.28. The van der Waals surface area contributed by atoms with Gasteiger partial charge in [0, 0.05) is 5.92 Å². The summed E-state index contributed by atoms with van der Waals surface area (Å²) in [6.07, 6.45) is -0.345. The number of rotatable bonds is 9. The van der Waals surface area contributed by atoms with Crippen molar-refractivity contribution in [3.63, 3.8) is 0 Å². The first-order chi connectivity index (χ1) is 16.2. The fourth-order valence-electron chi connectivity index (χ4n) is 4.28. The Bertz CT molecular complexity index is 1060. The van der Waals surface area contributed by atoms with Gasteiger partial charge in [-0.15, -0.1) is 0 Å². The molecule has 2 aromatic rings. The smallest absolute Gasteiger partial charge is 0.407 e. The van der Waals surface area contributed by atoms with Gasteiger partial charge in [-0.05, 0) is 41.0 Å². The van der Waals surface area contributed by atoms with Crippen LogP contribution in [0.3, 0.4) is 0 Å². The maximum Gasteiger partial charge on any atom is 0.407 e. The van der Waals surface area contributed by atoms with E-state index >= 15 is 0 Å². The minimum absolute atomic E-state index is 0.0827. The van der Waals surface area contributed by atoms with Crippen molar-refractivity contribution >= 4 is 18.0 Å². The number of alkyl carbamates (subject to hydrolysis) is 1. The van der Waals surface area contributed by atoms with Crippen molar-refractivity contribution in [1.82, 2.24) is 10.6 Å². The molecule has 4 N–H and O–H groups in total. The second kappa shape index (κ2) is 9.38. The lowest BCUT2D eigenvalue weighted by atomic mass is 9.98. The van der Waals surface area contributed by atoms with E-state index in [2.05, 4.69) is 5.32 Å². The molecule has 34 heavy (non-hydrogen) atoms. The zero-order valence-corrected chi connectivity index (χ0v) is 18.0. The molecule has 2 atom stereocenters. The number of halogens is 2. The van der Waals surface area contributed by atoms with Gasteiger partial charge in [-0.3, -0.25) is 4.79 Å².